The second-order valence-electron chi connectivity index (χ2n) is 7.85. The highest BCUT2D eigenvalue weighted by molar-refractivity contribution is 6.19. The number of nitrogens with zero attached hydrogens (tertiary/aromatic N) is 1. The van der Waals surface area contributed by atoms with E-state index in [1.807, 2.05) is 36.4 Å². The van der Waals surface area contributed by atoms with E-state index in [-0.39, 0.29) is 18.4 Å². The van der Waals surface area contributed by atoms with Crippen molar-refractivity contribution in [2.45, 2.75) is 18.4 Å². The first-order valence-corrected chi connectivity index (χ1v) is 10.2. The maximum absolute atomic E-state index is 13.0. The largest absolute Gasteiger partial charge is 0.456 e. The van der Waals surface area contributed by atoms with Gasteiger partial charge in [-0.2, -0.15) is 0 Å². The number of hydrogen-bond donors (Lipinski definition) is 0. The van der Waals surface area contributed by atoms with Crippen LogP contribution in [0.1, 0.15) is 50.2 Å². The van der Waals surface area contributed by atoms with Crippen LogP contribution >= 0.6 is 0 Å². The number of fused-ring (bicyclic) bond motifs is 6. The summed E-state index contributed by atoms with van der Waals surface area (Å²) in [6, 6.07) is 19.0. The van der Waals surface area contributed by atoms with Gasteiger partial charge in [0.15, 0.2) is 5.60 Å². The second kappa shape index (κ2) is 6.37. The highest BCUT2D eigenvalue weighted by Crippen LogP contribution is 2.55. The Labute approximate surface area is 182 Å². The van der Waals surface area contributed by atoms with Gasteiger partial charge in [-0.15, -0.1) is 0 Å². The Bertz CT molecular complexity index is 1310. The molecule has 3 aromatic rings. The van der Waals surface area contributed by atoms with Gasteiger partial charge in [0.2, 0.25) is 11.8 Å². The molecule has 0 N–H and O–H groups in total. The summed E-state index contributed by atoms with van der Waals surface area (Å²) in [5.41, 5.74) is 0.856. The lowest BCUT2D eigenvalue weighted by Crippen LogP contribution is -2.36. The van der Waals surface area contributed by atoms with Gasteiger partial charge in [0, 0.05) is 35.1 Å². The zero-order valence-electron chi connectivity index (χ0n) is 16.7. The van der Waals surface area contributed by atoms with Crippen LogP contribution in [0.2, 0.25) is 0 Å². The van der Waals surface area contributed by atoms with E-state index in [9.17, 15) is 19.2 Å². The summed E-state index contributed by atoms with van der Waals surface area (Å²) in [5.74, 6) is -1.21. The van der Waals surface area contributed by atoms with E-state index >= 15 is 0 Å². The molecule has 1 fully saturated rings. The van der Waals surface area contributed by atoms with Crippen molar-refractivity contribution in [3.63, 3.8) is 0 Å². The van der Waals surface area contributed by atoms with E-state index < -0.39 is 29.3 Å². The number of para-hydroxylation sites is 2. The Hall–Kier alpha value is -4.26. The maximum Gasteiger partial charge on any atom is 0.340 e. The molecular formula is C25H15NO6. The maximum atomic E-state index is 13.0. The van der Waals surface area contributed by atoms with Crippen molar-refractivity contribution in [3.05, 3.63) is 94.5 Å². The number of benzene rings is 3. The Morgan fingerprint density at radius 2 is 1.38 bits per heavy atom. The molecule has 1 spiro atoms. The zero-order chi connectivity index (χ0) is 22.0. The first kappa shape index (κ1) is 18.5. The van der Waals surface area contributed by atoms with Crippen LogP contribution in [-0.2, 0) is 19.9 Å². The van der Waals surface area contributed by atoms with Gasteiger partial charge in [-0.1, -0.05) is 36.4 Å². The number of carbonyl (C=O) groups excluding carboxylic acids is 4. The minimum atomic E-state index is -1.31. The molecule has 156 valence electrons. The molecule has 3 aliphatic heterocycles. The Balaban J connectivity index is 1.59. The van der Waals surface area contributed by atoms with Crippen LogP contribution in [0.15, 0.2) is 66.7 Å². The first-order valence-electron chi connectivity index (χ1n) is 10.2. The number of likely N-dealkylation sites (tertiary alicyclic amines) is 1. The number of esters is 1. The Morgan fingerprint density at radius 3 is 2.00 bits per heavy atom. The van der Waals surface area contributed by atoms with Gasteiger partial charge in [-0.05, 0) is 30.3 Å². The molecule has 7 nitrogen and oxygen atoms in total. The van der Waals surface area contributed by atoms with Crippen molar-refractivity contribution in [3.8, 4) is 11.5 Å². The molecule has 0 radical (unpaired) electrons. The normalized spacial score (nSPS) is 17.5. The van der Waals surface area contributed by atoms with Gasteiger partial charge < -0.3 is 9.47 Å². The highest BCUT2D eigenvalue weighted by Gasteiger charge is 2.53. The number of imide groups is 3. The standard InChI is InChI=1S/C25H15NO6/c27-21-11-12-22(28)26(21)23(29)14-9-10-15-18(13-14)25(32-24(15)30)16-5-1-3-7-19(16)31-20-8-4-2-6-17(20)25/h1-10,13H,11-12H2. The van der Waals surface area contributed by atoms with Crippen LogP contribution in [0, 0.1) is 0 Å². The van der Waals surface area contributed by atoms with E-state index in [1.165, 1.54) is 12.1 Å². The summed E-state index contributed by atoms with van der Waals surface area (Å²) in [7, 11) is 0. The van der Waals surface area contributed by atoms with Crippen molar-refractivity contribution in [1.29, 1.82) is 0 Å². The van der Waals surface area contributed by atoms with Crippen LogP contribution in [-0.4, -0.2) is 28.6 Å². The first-order chi connectivity index (χ1) is 15.5. The molecule has 1 saturated heterocycles. The van der Waals surface area contributed by atoms with E-state index in [4.69, 9.17) is 9.47 Å². The third-order valence-electron chi connectivity index (χ3n) is 6.12. The molecule has 6 rings (SSSR count). The predicted octanol–water partition coefficient (Wildman–Crippen LogP) is 3.54. The Kier molecular flexibility index (Phi) is 3.68. The van der Waals surface area contributed by atoms with Gasteiger partial charge in [0.25, 0.3) is 5.91 Å². The molecule has 0 unspecified atom stereocenters. The molecular weight excluding hydrogens is 410 g/mol. The van der Waals surface area contributed by atoms with Crippen LogP contribution in [0.4, 0.5) is 0 Å². The molecule has 0 aromatic heterocycles. The van der Waals surface area contributed by atoms with E-state index in [0.717, 1.165) is 0 Å². The lowest BCUT2D eigenvalue weighted by molar-refractivity contribution is -0.135. The van der Waals surface area contributed by atoms with Crippen LogP contribution < -0.4 is 4.74 Å². The van der Waals surface area contributed by atoms with Crippen molar-refractivity contribution in [2.75, 3.05) is 0 Å². The van der Waals surface area contributed by atoms with Crippen molar-refractivity contribution in [1.82, 2.24) is 4.90 Å². The van der Waals surface area contributed by atoms with Crippen LogP contribution in [0.25, 0.3) is 0 Å². The monoisotopic (exact) mass is 425 g/mol. The molecule has 0 bridgehead atoms. The summed E-state index contributed by atoms with van der Waals surface area (Å²) in [6.45, 7) is 0. The highest BCUT2D eigenvalue weighted by atomic mass is 16.6. The fraction of sp³-hybridized carbons (Fsp3) is 0.120. The smallest absolute Gasteiger partial charge is 0.340 e. The summed E-state index contributed by atoms with van der Waals surface area (Å²) in [5, 5.41) is 0. The summed E-state index contributed by atoms with van der Waals surface area (Å²) >= 11 is 0. The van der Waals surface area contributed by atoms with Gasteiger partial charge in [0.1, 0.15) is 11.5 Å². The molecule has 0 aliphatic carbocycles. The number of hydrogen-bond acceptors (Lipinski definition) is 6. The minimum Gasteiger partial charge on any atom is -0.456 e. The SMILES string of the molecule is O=C1OC2(c3ccccc3Oc3ccccc32)c2cc(C(=O)N3C(=O)CCC3=O)ccc21. The number of amides is 3. The van der Waals surface area contributed by atoms with E-state index in [1.54, 1.807) is 18.2 Å². The molecule has 0 atom stereocenters. The molecule has 3 amide bonds. The van der Waals surface area contributed by atoms with Gasteiger partial charge in [-0.25, -0.2) is 9.69 Å². The topological polar surface area (TPSA) is 90.0 Å². The van der Waals surface area contributed by atoms with Crippen molar-refractivity contribution >= 4 is 23.7 Å². The van der Waals surface area contributed by atoms with E-state index in [2.05, 4.69) is 0 Å². The Morgan fingerprint density at radius 1 is 0.781 bits per heavy atom. The average Bonchev–Trinajstić information content (AvgIpc) is 3.30. The number of carbonyl (C=O) groups is 4. The van der Waals surface area contributed by atoms with Crippen LogP contribution in [0.3, 0.4) is 0 Å². The second-order valence-corrected chi connectivity index (χ2v) is 7.85. The van der Waals surface area contributed by atoms with Crippen LogP contribution in [0.5, 0.6) is 11.5 Å². The minimum absolute atomic E-state index is 0.0130. The predicted molar refractivity (Wildman–Crippen MR) is 110 cm³/mol. The zero-order valence-corrected chi connectivity index (χ0v) is 16.7. The molecule has 7 heteroatoms. The quantitative estimate of drug-likeness (QED) is 0.438. The fourth-order valence-electron chi connectivity index (χ4n) is 4.68. The van der Waals surface area contributed by atoms with Crippen molar-refractivity contribution in [2.24, 2.45) is 0 Å². The summed E-state index contributed by atoms with van der Waals surface area (Å²) < 4.78 is 12.1. The van der Waals surface area contributed by atoms with Gasteiger partial charge in [-0.3, -0.25) is 14.4 Å². The fourth-order valence-corrected chi connectivity index (χ4v) is 4.68. The molecule has 3 heterocycles. The summed E-state index contributed by atoms with van der Waals surface area (Å²) in [6.07, 6.45) is 0.0261. The van der Waals surface area contributed by atoms with Crippen molar-refractivity contribution < 1.29 is 28.7 Å². The molecule has 32 heavy (non-hydrogen) atoms. The lowest BCUT2D eigenvalue weighted by atomic mass is 9.77. The molecule has 0 saturated carbocycles. The average molecular weight is 425 g/mol. The third kappa shape index (κ3) is 2.30. The lowest BCUT2D eigenvalue weighted by Gasteiger charge is -2.36. The number of rotatable bonds is 1. The summed E-state index contributed by atoms with van der Waals surface area (Å²) in [4.78, 5) is 50.9. The number of ether oxygens (including phenoxy) is 2. The molecule has 3 aromatic carbocycles. The molecule has 3 aliphatic rings. The van der Waals surface area contributed by atoms with Gasteiger partial charge in [0.05, 0.1) is 5.56 Å². The van der Waals surface area contributed by atoms with E-state index in [0.29, 0.717) is 38.7 Å². The van der Waals surface area contributed by atoms with Gasteiger partial charge >= 0.3 is 5.97 Å². The third-order valence-corrected chi connectivity index (χ3v) is 6.12.